The predicted octanol–water partition coefficient (Wildman–Crippen LogP) is 2.21. The van der Waals surface area contributed by atoms with Gasteiger partial charge in [-0.2, -0.15) is 0 Å². The topological polar surface area (TPSA) is 120 Å². The SMILES string of the molecule is CCCCCCCCOC(=O)c1ccc2c(n1)C(=O)C1=C(C2=O)S(=O)(=O)CCN1. The Balaban J connectivity index is 1.70. The molecule has 9 heteroatoms. The molecule has 0 amide bonds. The number of nitrogens with one attached hydrogen (secondary N) is 1. The van der Waals surface area contributed by atoms with Crippen molar-refractivity contribution in [3.63, 3.8) is 0 Å². The van der Waals surface area contributed by atoms with Crippen LogP contribution in [0.1, 0.15) is 76.8 Å². The lowest BCUT2D eigenvalue weighted by atomic mass is 9.96. The number of rotatable bonds is 8. The van der Waals surface area contributed by atoms with E-state index in [-0.39, 0.29) is 41.6 Å². The molecule has 1 aliphatic carbocycles. The van der Waals surface area contributed by atoms with Crippen molar-refractivity contribution in [1.82, 2.24) is 10.3 Å². The maximum atomic E-state index is 12.7. The molecule has 2 heterocycles. The van der Waals surface area contributed by atoms with Crippen LogP contribution in [-0.4, -0.2) is 49.8 Å². The summed E-state index contributed by atoms with van der Waals surface area (Å²) in [5.74, 6) is -2.41. The van der Waals surface area contributed by atoms with Crippen LogP contribution < -0.4 is 5.32 Å². The van der Waals surface area contributed by atoms with Gasteiger partial charge in [0.15, 0.2) is 9.84 Å². The molecule has 0 saturated carbocycles. The fraction of sp³-hybridized carbons (Fsp3) is 0.500. The van der Waals surface area contributed by atoms with Crippen LogP contribution in [0, 0.1) is 0 Å². The van der Waals surface area contributed by atoms with Crippen molar-refractivity contribution >= 4 is 27.4 Å². The fourth-order valence-electron chi connectivity index (χ4n) is 3.38. The average molecular weight is 420 g/mol. The number of Topliss-reactive ketones (excluding diaryl/α,β-unsaturated/α-hetero) is 2. The lowest BCUT2D eigenvalue weighted by Gasteiger charge is -2.25. The number of ketones is 2. The summed E-state index contributed by atoms with van der Waals surface area (Å²) in [6, 6.07) is 2.54. The summed E-state index contributed by atoms with van der Waals surface area (Å²) in [4.78, 5) is 41.1. The van der Waals surface area contributed by atoms with Gasteiger partial charge in [-0.05, 0) is 18.6 Å². The molecule has 0 fully saturated rings. The van der Waals surface area contributed by atoms with E-state index in [0.717, 1.165) is 25.7 Å². The van der Waals surface area contributed by atoms with E-state index >= 15 is 0 Å². The number of esters is 1. The molecular formula is C20H24N2O6S. The number of fused-ring (bicyclic) bond motifs is 1. The fourth-order valence-corrected chi connectivity index (χ4v) is 4.82. The number of carbonyl (C=O) groups is 3. The van der Waals surface area contributed by atoms with Gasteiger partial charge >= 0.3 is 5.97 Å². The zero-order chi connectivity index (χ0) is 21.0. The van der Waals surface area contributed by atoms with E-state index in [2.05, 4.69) is 17.2 Å². The number of hydrogen-bond donors (Lipinski definition) is 1. The standard InChI is InChI=1S/C20H24N2O6S/c1-2-3-4-5-6-7-11-28-20(25)14-9-8-13-15(22-14)18(24)16-19(17(13)23)29(26,27)12-10-21-16/h8-9,21H,2-7,10-12H2,1H3. The van der Waals surface area contributed by atoms with E-state index in [1.165, 1.54) is 25.0 Å². The molecule has 1 aliphatic heterocycles. The Morgan fingerprint density at radius 2 is 1.83 bits per heavy atom. The molecule has 0 saturated heterocycles. The van der Waals surface area contributed by atoms with Gasteiger partial charge in [-0.3, -0.25) is 9.59 Å². The van der Waals surface area contributed by atoms with Crippen LogP contribution in [-0.2, 0) is 14.6 Å². The Morgan fingerprint density at radius 1 is 1.10 bits per heavy atom. The van der Waals surface area contributed by atoms with Crippen LogP contribution in [0.3, 0.4) is 0 Å². The number of unbranched alkanes of at least 4 members (excludes halogenated alkanes) is 5. The Bertz CT molecular complexity index is 981. The van der Waals surface area contributed by atoms with E-state index in [1.807, 2.05) is 0 Å². The highest BCUT2D eigenvalue weighted by atomic mass is 32.2. The van der Waals surface area contributed by atoms with Crippen LogP contribution in [0.4, 0.5) is 0 Å². The first-order valence-corrected chi connectivity index (χ1v) is 11.5. The molecule has 1 aromatic rings. The summed E-state index contributed by atoms with van der Waals surface area (Å²) in [6.07, 6.45) is 6.33. The van der Waals surface area contributed by atoms with Crippen LogP contribution in [0.5, 0.6) is 0 Å². The first-order valence-electron chi connectivity index (χ1n) is 9.85. The van der Waals surface area contributed by atoms with E-state index in [4.69, 9.17) is 4.74 Å². The molecule has 0 bridgehead atoms. The summed E-state index contributed by atoms with van der Waals surface area (Å²) in [5.41, 5.74) is -0.696. The number of hydrogen-bond acceptors (Lipinski definition) is 8. The second kappa shape index (κ2) is 8.86. The summed E-state index contributed by atoms with van der Waals surface area (Å²) in [6.45, 7) is 2.44. The highest BCUT2D eigenvalue weighted by Gasteiger charge is 2.42. The Kier molecular flexibility index (Phi) is 6.46. The minimum Gasteiger partial charge on any atom is -0.461 e. The molecular weight excluding hydrogens is 396 g/mol. The van der Waals surface area contributed by atoms with Gasteiger partial charge in [0, 0.05) is 6.54 Å². The largest absolute Gasteiger partial charge is 0.461 e. The van der Waals surface area contributed by atoms with Gasteiger partial charge in [0.1, 0.15) is 22.0 Å². The summed E-state index contributed by atoms with van der Waals surface area (Å²) in [7, 11) is -3.83. The lowest BCUT2D eigenvalue weighted by molar-refractivity contribution is 0.0490. The number of sulfone groups is 1. The number of allylic oxidation sites excluding steroid dienone is 2. The quantitative estimate of drug-likeness (QED) is 0.502. The molecule has 0 spiro atoms. The van der Waals surface area contributed by atoms with Crippen molar-refractivity contribution in [3.05, 3.63) is 39.7 Å². The third-order valence-electron chi connectivity index (χ3n) is 4.94. The van der Waals surface area contributed by atoms with Crippen LogP contribution >= 0.6 is 0 Å². The van der Waals surface area contributed by atoms with Gasteiger partial charge in [-0.25, -0.2) is 18.2 Å². The predicted molar refractivity (Wildman–Crippen MR) is 105 cm³/mol. The average Bonchev–Trinajstić information content (AvgIpc) is 2.70. The smallest absolute Gasteiger partial charge is 0.356 e. The molecule has 3 rings (SSSR count). The molecule has 0 atom stereocenters. The maximum Gasteiger partial charge on any atom is 0.356 e. The normalized spacial score (nSPS) is 17.4. The maximum absolute atomic E-state index is 12.7. The van der Waals surface area contributed by atoms with E-state index < -0.39 is 32.3 Å². The number of ether oxygens (including phenoxy) is 1. The van der Waals surface area contributed by atoms with Crippen molar-refractivity contribution in [2.45, 2.75) is 45.4 Å². The summed E-state index contributed by atoms with van der Waals surface area (Å²) in [5, 5.41) is 2.68. The molecule has 156 valence electrons. The van der Waals surface area contributed by atoms with Gasteiger partial charge in [-0.15, -0.1) is 0 Å². The third kappa shape index (κ3) is 4.39. The molecule has 29 heavy (non-hydrogen) atoms. The van der Waals surface area contributed by atoms with E-state index in [0.29, 0.717) is 0 Å². The Labute approximate surface area is 169 Å². The highest BCUT2D eigenvalue weighted by Crippen LogP contribution is 2.29. The number of aromatic nitrogens is 1. The van der Waals surface area contributed by atoms with Crippen molar-refractivity contribution in [1.29, 1.82) is 0 Å². The summed E-state index contributed by atoms with van der Waals surface area (Å²) < 4.78 is 29.6. The number of carbonyl (C=O) groups excluding carboxylic acids is 3. The van der Waals surface area contributed by atoms with Gasteiger partial charge < -0.3 is 10.1 Å². The zero-order valence-electron chi connectivity index (χ0n) is 16.3. The third-order valence-corrected chi connectivity index (χ3v) is 6.69. The highest BCUT2D eigenvalue weighted by molar-refractivity contribution is 7.96. The van der Waals surface area contributed by atoms with Gasteiger partial charge in [0.05, 0.1) is 17.9 Å². The molecule has 0 aromatic carbocycles. The van der Waals surface area contributed by atoms with Gasteiger partial charge in [-0.1, -0.05) is 39.0 Å². The Hall–Kier alpha value is -2.55. The van der Waals surface area contributed by atoms with Crippen LogP contribution in [0.25, 0.3) is 0 Å². The van der Waals surface area contributed by atoms with Crippen molar-refractivity contribution in [2.24, 2.45) is 0 Å². The van der Waals surface area contributed by atoms with Crippen LogP contribution in [0.2, 0.25) is 0 Å². The second-order valence-corrected chi connectivity index (χ2v) is 9.15. The van der Waals surface area contributed by atoms with Crippen molar-refractivity contribution in [3.8, 4) is 0 Å². The first kappa shape index (κ1) is 21.2. The summed E-state index contributed by atoms with van der Waals surface area (Å²) >= 11 is 0. The van der Waals surface area contributed by atoms with E-state index in [9.17, 15) is 22.8 Å². The molecule has 1 aromatic heterocycles. The van der Waals surface area contributed by atoms with Gasteiger partial charge in [0.25, 0.3) is 0 Å². The van der Waals surface area contributed by atoms with Crippen LogP contribution in [0.15, 0.2) is 22.7 Å². The molecule has 0 radical (unpaired) electrons. The molecule has 0 unspecified atom stereocenters. The number of nitrogens with zero attached hydrogens (tertiary/aromatic N) is 1. The molecule has 8 nitrogen and oxygen atoms in total. The second-order valence-electron chi connectivity index (χ2n) is 7.10. The number of pyridine rings is 1. The molecule has 1 N–H and O–H groups in total. The van der Waals surface area contributed by atoms with Gasteiger partial charge in [0.2, 0.25) is 11.6 Å². The first-order chi connectivity index (χ1) is 13.9. The zero-order valence-corrected chi connectivity index (χ0v) is 17.1. The lowest BCUT2D eigenvalue weighted by Crippen LogP contribution is -2.41. The minimum absolute atomic E-state index is 0.0372. The molecule has 2 aliphatic rings. The van der Waals surface area contributed by atoms with Crippen molar-refractivity contribution in [2.75, 3.05) is 18.9 Å². The van der Waals surface area contributed by atoms with Crippen molar-refractivity contribution < 1.29 is 27.5 Å². The van der Waals surface area contributed by atoms with E-state index in [1.54, 1.807) is 0 Å². The minimum atomic E-state index is -3.83. The monoisotopic (exact) mass is 420 g/mol. The Morgan fingerprint density at radius 3 is 2.59 bits per heavy atom.